The molecule has 0 atom stereocenters. The number of nitrogens with zero attached hydrogens (tertiary/aromatic N) is 1. The molecule has 0 N–H and O–H groups in total. The van der Waals surface area contributed by atoms with Gasteiger partial charge in [-0.1, -0.05) is 30.3 Å². The second-order valence-electron chi connectivity index (χ2n) is 7.23. The summed E-state index contributed by atoms with van der Waals surface area (Å²) in [6.07, 6.45) is 3.76. The van der Waals surface area contributed by atoms with Crippen LogP contribution in [0.25, 0.3) is 17.0 Å². The molecule has 0 unspecified atom stereocenters. The predicted molar refractivity (Wildman–Crippen MR) is 113 cm³/mol. The highest BCUT2D eigenvalue weighted by Gasteiger charge is 2.28. The third kappa shape index (κ3) is 3.24. The first-order valence-corrected chi connectivity index (χ1v) is 9.58. The van der Waals surface area contributed by atoms with Gasteiger partial charge in [-0.3, -0.25) is 4.79 Å². The minimum atomic E-state index is -0.284. The fourth-order valence-electron chi connectivity index (χ4n) is 3.63. The Morgan fingerprint density at radius 1 is 1.07 bits per heavy atom. The summed E-state index contributed by atoms with van der Waals surface area (Å²) in [5, 5.41) is 1.06. The van der Waals surface area contributed by atoms with Crippen LogP contribution in [0.2, 0.25) is 0 Å². The van der Waals surface area contributed by atoms with E-state index in [1.807, 2.05) is 42.1 Å². The molecule has 148 valence electrons. The van der Waals surface area contributed by atoms with E-state index in [1.54, 1.807) is 36.4 Å². The second kappa shape index (κ2) is 7.19. The smallest absolute Gasteiger partial charge is 0.231 e. The summed E-state index contributed by atoms with van der Waals surface area (Å²) in [6, 6.07) is 19.3. The van der Waals surface area contributed by atoms with Crippen molar-refractivity contribution in [1.29, 1.82) is 0 Å². The normalized spacial score (nSPS) is 14.2. The molecular formula is C25H18FNO3. The Hall–Kier alpha value is -3.86. The number of aromatic nitrogens is 1. The van der Waals surface area contributed by atoms with Crippen molar-refractivity contribution in [1.82, 2.24) is 4.57 Å². The van der Waals surface area contributed by atoms with E-state index in [0.717, 1.165) is 22.0 Å². The molecule has 5 rings (SSSR count). The molecule has 4 nitrogen and oxygen atoms in total. The van der Waals surface area contributed by atoms with Crippen LogP contribution < -0.4 is 9.47 Å². The molecule has 3 aromatic carbocycles. The number of ether oxygens (including phenoxy) is 2. The highest BCUT2D eigenvalue weighted by molar-refractivity contribution is 6.15. The Bertz CT molecular complexity index is 1300. The van der Waals surface area contributed by atoms with Crippen molar-refractivity contribution >= 4 is 22.8 Å². The maximum atomic E-state index is 13.0. The molecule has 1 aliphatic rings. The van der Waals surface area contributed by atoms with Gasteiger partial charge in [-0.25, -0.2) is 4.39 Å². The van der Waals surface area contributed by atoms with Gasteiger partial charge in [-0.2, -0.15) is 0 Å². The number of benzene rings is 3. The van der Waals surface area contributed by atoms with Crippen LogP contribution in [0.1, 0.15) is 21.5 Å². The van der Waals surface area contributed by atoms with E-state index >= 15 is 0 Å². The molecule has 0 aliphatic carbocycles. The quantitative estimate of drug-likeness (QED) is 0.425. The summed E-state index contributed by atoms with van der Waals surface area (Å²) in [6.45, 7) is 0.297. The first-order chi connectivity index (χ1) is 14.6. The molecule has 0 amide bonds. The van der Waals surface area contributed by atoms with E-state index < -0.39 is 0 Å². The number of Topliss-reactive ketones (excluding diaryl/α,β-unsaturated/α-hetero) is 1. The predicted octanol–water partition coefficient (Wildman–Crippen LogP) is 5.51. The van der Waals surface area contributed by atoms with E-state index in [1.165, 1.54) is 12.1 Å². The zero-order valence-electron chi connectivity index (χ0n) is 16.3. The van der Waals surface area contributed by atoms with Crippen molar-refractivity contribution in [2.45, 2.75) is 6.61 Å². The van der Waals surface area contributed by atoms with Gasteiger partial charge in [0.2, 0.25) is 5.78 Å². The fourth-order valence-corrected chi connectivity index (χ4v) is 3.63. The number of fused-ring (bicyclic) bond motifs is 2. The Kier molecular flexibility index (Phi) is 4.36. The summed E-state index contributed by atoms with van der Waals surface area (Å²) >= 11 is 0. The minimum absolute atomic E-state index is 0.150. The third-order valence-corrected chi connectivity index (χ3v) is 5.17. The number of ketones is 1. The number of para-hydroxylation sites is 1. The van der Waals surface area contributed by atoms with Gasteiger partial charge < -0.3 is 14.0 Å². The lowest BCUT2D eigenvalue weighted by Gasteiger charge is -2.07. The number of hydrogen-bond acceptors (Lipinski definition) is 3. The van der Waals surface area contributed by atoms with Crippen LogP contribution >= 0.6 is 0 Å². The number of rotatable bonds is 4. The van der Waals surface area contributed by atoms with Crippen molar-refractivity contribution in [2.75, 3.05) is 0 Å². The van der Waals surface area contributed by atoms with Crippen molar-refractivity contribution in [2.24, 2.45) is 7.05 Å². The maximum absolute atomic E-state index is 13.0. The highest BCUT2D eigenvalue weighted by atomic mass is 19.1. The van der Waals surface area contributed by atoms with Gasteiger partial charge in [0.25, 0.3) is 0 Å². The van der Waals surface area contributed by atoms with Gasteiger partial charge in [0.1, 0.15) is 23.9 Å². The summed E-state index contributed by atoms with van der Waals surface area (Å²) in [5.74, 6) is 0.911. The van der Waals surface area contributed by atoms with Gasteiger partial charge >= 0.3 is 0 Å². The van der Waals surface area contributed by atoms with Crippen LogP contribution in [0, 0.1) is 5.82 Å². The summed E-state index contributed by atoms with van der Waals surface area (Å²) in [5.41, 5.74) is 3.38. The SMILES string of the molecule is Cn1cc(C=C2Oc3cc(OCc4ccc(F)cc4)ccc3C2=O)c2ccccc21. The molecule has 0 spiro atoms. The lowest BCUT2D eigenvalue weighted by Crippen LogP contribution is -1.98. The molecule has 30 heavy (non-hydrogen) atoms. The zero-order valence-corrected chi connectivity index (χ0v) is 16.3. The summed E-state index contributed by atoms with van der Waals surface area (Å²) in [4.78, 5) is 12.8. The van der Waals surface area contributed by atoms with E-state index in [-0.39, 0.29) is 17.4 Å². The largest absolute Gasteiger partial charge is 0.489 e. The number of allylic oxidation sites excluding steroid dienone is 1. The Labute approximate surface area is 172 Å². The number of halogens is 1. The third-order valence-electron chi connectivity index (χ3n) is 5.17. The molecule has 0 fully saturated rings. The number of carbonyl (C=O) groups excluding carboxylic acids is 1. The van der Waals surface area contributed by atoms with E-state index in [4.69, 9.17) is 9.47 Å². The molecule has 0 saturated carbocycles. The lowest BCUT2D eigenvalue weighted by atomic mass is 10.1. The monoisotopic (exact) mass is 399 g/mol. The number of hydrogen-bond donors (Lipinski definition) is 0. The Morgan fingerprint density at radius 3 is 2.70 bits per heavy atom. The Morgan fingerprint density at radius 2 is 1.87 bits per heavy atom. The molecule has 0 radical (unpaired) electrons. The van der Waals surface area contributed by atoms with E-state index in [0.29, 0.717) is 23.7 Å². The number of carbonyl (C=O) groups is 1. The van der Waals surface area contributed by atoms with Gasteiger partial charge in [0.15, 0.2) is 5.76 Å². The average molecular weight is 399 g/mol. The molecule has 0 bridgehead atoms. The molecule has 1 aliphatic heterocycles. The maximum Gasteiger partial charge on any atom is 0.231 e. The van der Waals surface area contributed by atoms with Crippen molar-refractivity contribution in [3.8, 4) is 11.5 Å². The Balaban J connectivity index is 1.39. The van der Waals surface area contributed by atoms with Gasteiger partial charge in [0, 0.05) is 35.8 Å². The molecule has 1 aromatic heterocycles. The van der Waals surface area contributed by atoms with Crippen LogP contribution in [0.3, 0.4) is 0 Å². The average Bonchev–Trinajstić information content (AvgIpc) is 3.24. The van der Waals surface area contributed by atoms with E-state index in [2.05, 4.69) is 0 Å². The van der Waals surface area contributed by atoms with Crippen molar-refractivity contribution < 1.29 is 18.7 Å². The zero-order chi connectivity index (χ0) is 20.7. The molecule has 0 saturated heterocycles. The van der Waals surface area contributed by atoms with Crippen molar-refractivity contribution in [3.05, 3.63) is 101 Å². The summed E-state index contributed by atoms with van der Waals surface area (Å²) < 4.78 is 26.7. The van der Waals surface area contributed by atoms with Crippen LogP contribution in [-0.2, 0) is 13.7 Å². The summed E-state index contributed by atoms with van der Waals surface area (Å²) in [7, 11) is 1.97. The molecule has 4 aromatic rings. The molecular weight excluding hydrogens is 381 g/mol. The first kappa shape index (κ1) is 18.2. The van der Waals surface area contributed by atoms with Crippen LogP contribution in [-0.4, -0.2) is 10.4 Å². The van der Waals surface area contributed by atoms with Crippen LogP contribution in [0.5, 0.6) is 11.5 Å². The molecule has 2 heterocycles. The second-order valence-corrected chi connectivity index (χ2v) is 7.23. The molecule has 5 heteroatoms. The van der Waals surface area contributed by atoms with E-state index in [9.17, 15) is 9.18 Å². The van der Waals surface area contributed by atoms with Crippen molar-refractivity contribution in [3.63, 3.8) is 0 Å². The topological polar surface area (TPSA) is 40.5 Å². The first-order valence-electron chi connectivity index (χ1n) is 9.58. The minimum Gasteiger partial charge on any atom is -0.489 e. The van der Waals surface area contributed by atoms with Crippen LogP contribution in [0.15, 0.2) is 78.7 Å². The van der Waals surface area contributed by atoms with Gasteiger partial charge in [0.05, 0.1) is 5.56 Å². The van der Waals surface area contributed by atoms with Gasteiger partial charge in [-0.05, 0) is 42.0 Å². The highest BCUT2D eigenvalue weighted by Crippen LogP contribution is 2.36. The number of aryl methyl sites for hydroxylation is 1. The standard InChI is InChI=1S/C25H18FNO3/c1-27-14-17(20-4-2-3-5-22(20)27)12-24-25(28)21-11-10-19(13-23(21)30-24)29-15-16-6-8-18(26)9-7-16/h2-14H,15H2,1H3. The van der Waals surface area contributed by atoms with Crippen LogP contribution in [0.4, 0.5) is 4.39 Å². The fraction of sp³-hybridized carbons (Fsp3) is 0.0800. The lowest BCUT2D eigenvalue weighted by molar-refractivity contribution is 0.101. The van der Waals surface area contributed by atoms with Gasteiger partial charge in [-0.15, -0.1) is 0 Å².